The second-order valence-electron chi connectivity index (χ2n) is 4.94. The monoisotopic (exact) mass is 230 g/mol. The molecule has 0 aromatic rings. The van der Waals surface area contributed by atoms with Crippen molar-refractivity contribution in [1.29, 1.82) is 0 Å². The van der Waals surface area contributed by atoms with E-state index in [-0.39, 0.29) is 6.10 Å². The van der Waals surface area contributed by atoms with Crippen molar-refractivity contribution in [2.45, 2.75) is 39.7 Å². The maximum atomic E-state index is 11.3. The molecular weight excluding hydrogens is 208 g/mol. The Morgan fingerprint density at radius 1 is 1.62 bits per heavy atom. The second kappa shape index (κ2) is 5.64. The standard InChI is InChI=1S/C12H22O4/c1-9(2)8-15-6-4-12(11(13)14)5-7-16-10(12)3/h9-10H,4-8H2,1-3H3,(H,13,14). The number of ether oxygens (including phenoxy) is 2. The van der Waals surface area contributed by atoms with E-state index in [0.29, 0.717) is 38.6 Å². The Balaban J connectivity index is 2.43. The van der Waals surface area contributed by atoms with Crippen LogP contribution in [-0.4, -0.2) is 37.0 Å². The van der Waals surface area contributed by atoms with Crippen molar-refractivity contribution in [3.05, 3.63) is 0 Å². The highest BCUT2D eigenvalue weighted by atomic mass is 16.5. The summed E-state index contributed by atoms with van der Waals surface area (Å²) < 4.78 is 10.8. The molecule has 1 N–H and O–H groups in total. The van der Waals surface area contributed by atoms with Crippen LogP contribution in [0.2, 0.25) is 0 Å². The van der Waals surface area contributed by atoms with Gasteiger partial charge in [-0.15, -0.1) is 0 Å². The molecule has 1 rings (SSSR count). The maximum Gasteiger partial charge on any atom is 0.312 e. The molecule has 0 saturated carbocycles. The smallest absolute Gasteiger partial charge is 0.312 e. The molecule has 0 radical (unpaired) electrons. The highest BCUT2D eigenvalue weighted by Gasteiger charge is 2.47. The van der Waals surface area contributed by atoms with Gasteiger partial charge in [-0.05, 0) is 25.7 Å². The lowest BCUT2D eigenvalue weighted by Crippen LogP contribution is -2.38. The van der Waals surface area contributed by atoms with Crippen molar-refractivity contribution >= 4 is 5.97 Å². The van der Waals surface area contributed by atoms with E-state index < -0.39 is 11.4 Å². The first kappa shape index (κ1) is 13.5. The van der Waals surface area contributed by atoms with E-state index in [4.69, 9.17) is 9.47 Å². The van der Waals surface area contributed by atoms with Crippen LogP contribution in [0.4, 0.5) is 0 Å². The Bertz CT molecular complexity index is 239. The number of carboxylic acid groups (broad SMARTS) is 1. The zero-order valence-corrected chi connectivity index (χ0v) is 10.4. The summed E-state index contributed by atoms with van der Waals surface area (Å²) in [6.07, 6.45) is 0.915. The molecule has 0 aromatic carbocycles. The molecule has 94 valence electrons. The van der Waals surface area contributed by atoms with Gasteiger partial charge in [-0.3, -0.25) is 4.79 Å². The van der Waals surface area contributed by atoms with Gasteiger partial charge in [0.25, 0.3) is 0 Å². The molecule has 1 aliphatic heterocycles. The molecule has 2 atom stereocenters. The molecular formula is C12H22O4. The molecule has 0 amide bonds. The fourth-order valence-corrected chi connectivity index (χ4v) is 2.07. The lowest BCUT2D eigenvalue weighted by Gasteiger charge is -2.27. The Morgan fingerprint density at radius 3 is 2.75 bits per heavy atom. The van der Waals surface area contributed by atoms with E-state index in [1.54, 1.807) is 0 Å². The SMILES string of the molecule is CC(C)COCCC1(C(=O)O)CCOC1C. The molecule has 0 bridgehead atoms. The van der Waals surface area contributed by atoms with E-state index in [0.717, 1.165) is 0 Å². The average Bonchev–Trinajstić information content (AvgIpc) is 2.56. The van der Waals surface area contributed by atoms with Gasteiger partial charge < -0.3 is 14.6 Å². The van der Waals surface area contributed by atoms with Gasteiger partial charge in [-0.25, -0.2) is 0 Å². The zero-order chi connectivity index (χ0) is 12.2. The molecule has 1 fully saturated rings. The third-order valence-electron chi connectivity index (χ3n) is 3.26. The predicted molar refractivity (Wildman–Crippen MR) is 60.4 cm³/mol. The Hall–Kier alpha value is -0.610. The Kier molecular flexibility index (Phi) is 4.74. The normalized spacial score (nSPS) is 29.9. The van der Waals surface area contributed by atoms with Gasteiger partial charge >= 0.3 is 5.97 Å². The third kappa shape index (κ3) is 2.95. The van der Waals surface area contributed by atoms with Crippen LogP contribution in [0, 0.1) is 11.3 Å². The minimum absolute atomic E-state index is 0.215. The first-order valence-electron chi connectivity index (χ1n) is 5.92. The number of hydrogen-bond donors (Lipinski definition) is 1. The van der Waals surface area contributed by atoms with Crippen molar-refractivity contribution in [3.8, 4) is 0 Å². The molecule has 0 spiro atoms. The van der Waals surface area contributed by atoms with Gasteiger partial charge in [0.2, 0.25) is 0 Å². The molecule has 0 aromatic heterocycles. The van der Waals surface area contributed by atoms with Gasteiger partial charge in [0, 0.05) is 19.8 Å². The van der Waals surface area contributed by atoms with Crippen molar-refractivity contribution in [3.63, 3.8) is 0 Å². The molecule has 16 heavy (non-hydrogen) atoms. The predicted octanol–water partition coefficient (Wildman–Crippen LogP) is 1.93. The summed E-state index contributed by atoms with van der Waals surface area (Å²) in [6.45, 7) is 7.72. The Labute approximate surface area is 96.9 Å². The first-order chi connectivity index (χ1) is 7.49. The quantitative estimate of drug-likeness (QED) is 0.708. The van der Waals surface area contributed by atoms with Crippen LogP contribution in [-0.2, 0) is 14.3 Å². The van der Waals surface area contributed by atoms with E-state index >= 15 is 0 Å². The van der Waals surface area contributed by atoms with Gasteiger partial charge in [-0.1, -0.05) is 13.8 Å². The maximum absolute atomic E-state index is 11.3. The summed E-state index contributed by atoms with van der Waals surface area (Å²) in [6, 6.07) is 0. The summed E-state index contributed by atoms with van der Waals surface area (Å²) >= 11 is 0. The summed E-state index contributed by atoms with van der Waals surface area (Å²) in [5.74, 6) is -0.274. The van der Waals surface area contributed by atoms with Crippen LogP contribution in [0.3, 0.4) is 0 Å². The van der Waals surface area contributed by atoms with Crippen LogP contribution in [0.1, 0.15) is 33.6 Å². The largest absolute Gasteiger partial charge is 0.481 e. The molecule has 1 aliphatic rings. The topological polar surface area (TPSA) is 55.8 Å². The van der Waals surface area contributed by atoms with Crippen molar-refractivity contribution in [2.24, 2.45) is 11.3 Å². The van der Waals surface area contributed by atoms with Gasteiger partial charge in [0.05, 0.1) is 11.5 Å². The summed E-state index contributed by atoms with van der Waals surface area (Å²) in [7, 11) is 0. The third-order valence-corrected chi connectivity index (χ3v) is 3.26. The number of hydrogen-bond acceptors (Lipinski definition) is 3. The first-order valence-corrected chi connectivity index (χ1v) is 5.92. The molecule has 4 nitrogen and oxygen atoms in total. The summed E-state index contributed by atoms with van der Waals surface area (Å²) in [5, 5.41) is 9.31. The van der Waals surface area contributed by atoms with E-state index in [1.807, 2.05) is 6.92 Å². The van der Waals surface area contributed by atoms with Gasteiger partial charge in [-0.2, -0.15) is 0 Å². The van der Waals surface area contributed by atoms with Crippen LogP contribution in [0.25, 0.3) is 0 Å². The molecule has 4 heteroatoms. The molecule has 1 heterocycles. The number of carboxylic acids is 1. The van der Waals surface area contributed by atoms with Gasteiger partial charge in [0.15, 0.2) is 0 Å². The van der Waals surface area contributed by atoms with Crippen LogP contribution in [0.15, 0.2) is 0 Å². The summed E-state index contributed by atoms with van der Waals surface area (Å²) in [5.41, 5.74) is -0.739. The highest BCUT2D eigenvalue weighted by Crippen LogP contribution is 2.38. The number of aliphatic carboxylic acids is 1. The van der Waals surface area contributed by atoms with Crippen molar-refractivity contribution < 1.29 is 19.4 Å². The minimum Gasteiger partial charge on any atom is -0.481 e. The number of carbonyl (C=O) groups is 1. The van der Waals surface area contributed by atoms with E-state index in [1.165, 1.54) is 0 Å². The van der Waals surface area contributed by atoms with Crippen LogP contribution < -0.4 is 0 Å². The second-order valence-corrected chi connectivity index (χ2v) is 4.94. The van der Waals surface area contributed by atoms with Crippen molar-refractivity contribution in [1.82, 2.24) is 0 Å². The number of rotatable bonds is 6. The average molecular weight is 230 g/mol. The lowest BCUT2D eigenvalue weighted by atomic mass is 9.79. The van der Waals surface area contributed by atoms with Crippen molar-refractivity contribution in [2.75, 3.05) is 19.8 Å². The summed E-state index contributed by atoms with van der Waals surface area (Å²) in [4.78, 5) is 11.3. The Morgan fingerprint density at radius 2 is 2.31 bits per heavy atom. The molecule has 0 aliphatic carbocycles. The minimum atomic E-state index is -0.759. The van der Waals surface area contributed by atoms with Crippen LogP contribution >= 0.6 is 0 Å². The van der Waals surface area contributed by atoms with Crippen LogP contribution in [0.5, 0.6) is 0 Å². The van der Waals surface area contributed by atoms with E-state index in [9.17, 15) is 9.90 Å². The fraction of sp³-hybridized carbons (Fsp3) is 0.917. The van der Waals surface area contributed by atoms with Gasteiger partial charge in [0.1, 0.15) is 0 Å². The molecule has 1 saturated heterocycles. The van der Waals surface area contributed by atoms with E-state index in [2.05, 4.69) is 13.8 Å². The fourth-order valence-electron chi connectivity index (χ4n) is 2.07. The zero-order valence-electron chi connectivity index (χ0n) is 10.4. The molecule has 2 unspecified atom stereocenters. The lowest BCUT2D eigenvalue weighted by molar-refractivity contribution is -0.153. The highest BCUT2D eigenvalue weighted by molar-refractivity contribution is 5.75.